The summed E-state index contributed by atoms with van der Waals surface area (Å²) < 4.78 is 10.9. The molecule has 0 saturated heterocycles. The van der Waals surface area contributed by atoms with Crippen LogP contribution in [0.2, 0.25) is 0 Å². The third-order valence-corrected chi connectivity index (χ3v) is 10.0. The first kappa shape index (κ1) is 27.8. The smallest absolute Gasteiger partial charge is 0.305 e. The van der Waals surface area contributed by atoms with Gasteiger partial charge in [0.2, 0.25) is 0 Å². The number of ether oxygens (including phenoxy) is 2. The molecule has 0 amide bonds. The highest BCUT2D eigenvalue weighted by Crippen LogP contribution is 2.65. The van der Waals surface area contributed by atoms with Crippen LogP contribution < -0.4 is 0 Å². The van der Waals surface area contributed by atoms with Gasteiger partial charge >= 0.3 is 11.9 Å². The number of benzene rings is 2. The van der Waals surface area contributed by atoms with E-state index in [9.17, 15) is 9.59 Å². The summed E-state index contributed by atoms with van der Waals surface area (Å²) in [6.45, 7) is 4.54. The lowest BCUT2D eigenvalue weighted by atomic mass is 9.56. The Hall–Kier alpha value is -3.40. The van der Waals surface area contributed by atoms with E-state index in [4.69, 9.17) is 9.47 Å². The molecule has 0 aliphatic heterocycles. The molecule has 0 saturated carbocycles. The first-order chi connectivity index (χ1) is 20.0. The van der Waals surface area contributed by atoms with Gasteiger partial charge in [0, 0.05) is 23.7 Å². The molecular formula is C37H42O4. The monoisotopic (exact) mass is 550 g/mol. The summed E-state index contributed by atoms with van der Waals surface area (Å²) >= 11 is 0. The fraction of sp³-hybridized carbons (Fsp3) is 0.459. The maximum absolute atomic E-state index is 12.9. The minimum atomic E-state index is -0.343. The predicted octanol–water partition coefficient (Wildman–Crippen LogP) is 8.25. The minimum Gasteiger partial charge on any atom is -0.466 e. The number of allylic oxidation sites excluding steroid dienone is 6. The van der Waals surface area contributed by atoms with E-state index in [0.717, 1.165) is 44.9 Å². The molecule has 41 heavy (non-hydrogen) atoms. The van der Waals surface area contributed by atoms with Crippen molar-refractivity contribution in [3.63, 3.8) is 0 Å². The van der Waals surface area contributed by atoms with Gasteiger partial charge in [-0.05, 0) is 110 Å². The predicted molar refractivity (Wildman–Crippen MR) is 163 cm³/mol. The molecule has 4 aliphatic rings. The summed E-state index contributed by atoms with van der Waals surface area (Å²) in [6, 6.07) is 17.7. The third kappa shape index (κ3) is 4.70. The van der Waals surface area contributed by atoms with Crippen molar-refractivity contribution in [2.24, 2.45) is 5.92 Å². The van der Waals surface area contributed by atoms with E-state index < -0.39 is 0 Å². The number of rotatable bonds is 10. The lowest BCUT2D eigenvalue weighted by molar-refractivity contribution is -0.144. The number of carbonyl (C=O) groups is 2. The summed E-state index contributed by atoms with van der Waals surface area (Å²) in [5.41, 5.74) is 8.91. The van der Waals surface area contributed by atoms with Crippen molar-refractivity contribution in [3.05, 3.63) is 94.6 Å². The Labute approximate surface area is 244 Å². The third-order valence-electron chi connectivity index (χ3n) is 10.0. The van der Waals surface area contributed by atoms with Crippen LogP contribution in [0.1, 0.15) is 100 Å². The highest BCUT2D eigenvalue weighted by atomic mass is 16.5. The Morgan fingerprint density at radius 2 is 1.44 bits per heavy atom. The van der Waals surface area contributed by atoms with E-state index in [1.54, 1.807) is 0 Å². The van der Waals surface area contributed by atoms with Crippen molar-refractivity contribution in [2.75, 3.05) is 13.2 Å². The average molecular weight is 551 g/mol. The van der Waals surface area contributed by atoms with E-state index in [1.165, 1.54) is 39.0 Å². The van der Waals surface area contributed by atoms with Crippen molar-refractivity contribution >= 4 is 23.1 Å². The molecular weight excluding hydrogens is 508 g/mol. The molecule has 4 aliphatic carbocycles. The molecule has 214 valence electrons. The summed E-state index contributed by atoms with van der Waals surface area (Å²) in [5, 5.41) is 0. The first-order valence-corrected chi connectivity index (χ1v) is 15.7. The van der Waals surface area contributed by atoms with E-state index in [-0.39, 0.29) is 22.8 Å². The summed E-state index contributed by atoms with van der Waals surface area (Å²) in [4.78, 5) is 25.8. The summed E-state index contributed by atoms with van der Waals surface area (Å²) in [6.07, 6.45) is 15.8. The van der Waals surface area contributed by atoms with Crippen LogP contribution in [0.3, 0.4) is 0 Å². The maximum atomic E-state index is 12.9. The van der Waals surface area contributed by atoms with E-state index in [0.29, 0.717) is 38.4 Å². The van der Waals surface area contributed by atoms with Gasteiger partial charge in [0.05, 0.1) is 13.2 Å². The van der Waals surface area contributed by atoms with Crippen LogP contribution >= 0.6 is 0 Å². The van der Waals surface area contributed by atoms with Gasteiger partial charge in [-0.25, -0.2) is 0 Å². The molecule has 0 fully saturated rings. The summed E-state index contributed by atoms with van der Waals surface area (Å²) in [7, 11) is 0. The van der Waals surface area contributed by atoms with Crippen LogP contribution in [0.25, 0.3) is 11.1 Å². The fourth-order valence-corrected chi connectivity index (χ4v) is 8.58. The number of carbonyl (C=O) groups excluding carboxylic acids is 2. The lowest BCUT2D eigenvalue weighted by Crippen LogP contribution is -2.42. The molecule has 2 aromatic carbocycles. The van der Waals surface area contributed by atoms with Gasteiger partial charge in [-0.2, -0.15) is 0 Å². The number of hydrogen-bond donors (Lipinski definition) is 0. The zero-order chi connectivity index (χ0) is 28.5. The Bertz CT molecular complexity index is 1430. The fourth-order valence-electron chi connectivity index (χ4n) is 8.58. The van der Waals surface area contributed by atoms with Crippen molar-refractivity contribution < 1.29 is 19.1 Å². The van der Waals surface area contributed by atoms with E-state index >= 15 is 0 Å². The molecule has 0 bridgehead atoms. The number of esters is 2. The first-order valence-electron chi connectivity index (χ1n) is 15.7. The van der Waals surface area contributed by atoms with E-state index in [1.807, 2.05) is 13.8 Å². The molecule has 0 radical (unpaired) electrons. The standard InChI is InChI=1S/C37H42O4/c1-3-40-34(38)21-23-36(30-17-9-5-13-26(30)27-14-6-10-18-31(27)36)25-37(24-22-35(39)41-4-2)32-19-11-7-15-28(32)29-16-8-12-20-33(29)37/h5,7,9,11,13-19,33H,3-4,6,8,10,12,20-25H2,1-2H3. The highest BCUT2D eigenvalue weighted by Gasteiger charge is 2.56. The maximum Gasteiger partial charge on any atom is 0.305 e. The number of fused-ring (bicyclic) bond motifs is 6. The second kappa shape index (κ2) is 11.5. The molecule has 4 nitrogen and oxygen atoms in total. The minimum absolute atomic E-state index is 0.123. The highest BCUT2D eigenvalue weighted by molar-refractivity contribution is 5.91. The Morgan fingerprint density at radius 3 is 2.20 bits per heavy atom. The van der Waals surface area contributed by atoms with Gasteiger partial charge in [-0.1, -0.05) is 66.8 Å². The molecule has 3 unspecified atom stereocenters. The Kier molecular flexibility index (Phi) is 7.76. The van der Waals surface area contributed by atoms with Gasteiger partial charge in [0.1, 0.15) is 0 Å². The topological polar surface area (TPSA) is 52.6 Å². The summed E-state index contributed by atoms with van der Waals surface area (Å²) in [5.74, 6) is 0.0817. The van der Waals surface area contributed by atoms with Gasteiger partial charge in [0.15, 0.2) is 0 Å². The van der Waals surface area contributed by atoms with Gasteiger partial charge in [-0.3, -0.25) is 9.59 Å². The molecule has 0 spiro atoms. The number of hydrogen-bond acceptors (Lipinski definition) is 4. The second-order valence-electron chi connectivity index (χ2n) is 12.1. The van der Waals surface area contributed by atoms with E-state index in [2.05, 4.69) is 66.8 Å². The molecule has 0 N–H and O–H groups in total. The van der Waals surface area contributed by atoms with Crippen LogP contribution in [0.4, 0.5) is 0 Å². The zero-order valence-corrected chi connectivity index (χ0v) is 24.5. The van der Waals surface area contributed by atoms with Gasteiger partial charge in [0.25, 0.3) is 0 Å². The molecule has 6 rings (SSSR count). The van der Waals surface area contributed by atoms with Crippen LogP contribution in [-0.2, 0) is 29.9 Å². The van der Waals surface area contributed by atoms with Gasteiger partial charge < -0.3 is 9.47 Å². The van der Waals surface area contributed by atoms with Crippen molar-refractivity contribution in [2.45, 2.75) is 88.9 Å². The Morgan fingerprint density at radius 1 is 0.780 bits per heavy atom. The molecule has 0 aromatic heterocycles. The van der Waals surface area contributed by atoms with Crippen molar-refractivity contribution in [1.29, 1.82) is 0 Å². The largest absolute Gasteiger partial charge is 0.466 e. The Balaban J connectivity index is 1.54. The molecule has 4 heteroatoms. The quantitative estimate of drug-likeness (QED) is 0.280. The molecule has 0 heterocycles. The van der Waals surface area contributed by atoms with Gasteiger partial charge in [-0.15, -0.1) is 0 Å². The lowest BCUT2D eigenvalue weighted by Gasteiger charge is -2.46. The molecule has 3 atom stereocenters. The van der Waals surface area contributed by atoms with Crippen LogP contribution in [-0.4, -0.2) is 25.2 Å². The normalized spacial score (nSPS) is 25.6. The van der Waals surface area contributed by atoms with Crippen LogP contribution in [0.15, 0.2) is 72.3 Å². The van der Waals surface area contributed by atoms with Crippen molar-refractivity contribution in [1.82, 2.24) is 0 Å². The van der Waals surface area contributed by atoms with Crippen LogP contribution in [0, 0.1) is 5.92 Å². The SMILES string of the molecule is CCOC(=O)CCC1(CC2(CCC(=O)OCC)c3ccccc3C3=CCCCC32)C2=CCCC=C2c2ccccc21. The van der Waals surface area contributed by atoms with Crippen LogP contribution in [0.5, 0.6) is 0 Å². The zero-order valence-electron chi connectivity index (χ0n) is 24.5. The van der Waals surface area contributed by atoms with Crippen molar-refractivity contribution in [3.8, 4) is 0 Å². The molecule has 2 aromatic rings. The average Bonchev–Trinajstić information content (AvgIpc) is 3.44. The second-order valence-corrected chi connectivity index (χ2v) is 12.1.